The van der Waals surface area contributed by atoms with Crippen molar-refractivity contribution in [3.63, 3.8) is 0 Å². The molecule has 0 bridgehead atoms. The molecule has 3 aliphatic rings. The Labute approximate surface area is 189 Å². The number of rotatable bonds is 6. The van der Waals surface area contributed by atoms with Gasteiger partial charge in [0.05, 0.1) is 6.04 Å². The zero-order valence-electron chi connectivity index (χ0n) is 18.6. The fraction of sp³-hybridized carbons (Fsp3) is 0.625. The Morgan fingerprint density at radius 1 is 1.19 bits per heavy atom. The standard InChI is InChI=1S/C24H35N5O3/c25-22(28-32)18-7-3-5-16(15-18)10-12-27-23(30)20-9-4-14-29(20)24(31)21-19-8-2-1-6-17(19)11-13-26-21/h3,5,7,15,17,19-21,26,32H,1-2,4,6,8-14H2,(H2,25,28)(H,27,30)/t17-,19-,20-,21+/m0/s1. The average molecular weight is 442 g/mol. The highest BCUT2D eigenvalue weighted by molar-refractivity contribution is 5.97. The molecule has 5 N–H and O–H groups in total. The van der Waals surface area contributed by atoms with E-state index < -0.39 is 0 Å². The summed E-state index contributed by atoms with van der Waals surface area (Å²) in [6, 6.07) is 6.90. The van der Waals surface area contributed by atoms with Crippen molar-refractivity contribution in [2.75, 3.05) is 19.6 Å². The van der Waals surface area contributed by atoms with Crippen molar-refractivity contribution in [3.8, 4) is 0 Å². The summed E-state index contributed by atoms with van der Waals surface area (Å²) in [5.74, 6) is 1.17. The Morgan fingerprint density at radius 2 is 2.03 bits per heavy atom. The summed E-state index contributed by atoms with van der Waals surface area (Å²) >= 11 is 0. The summed E-state index contributed by atoms with van der Waals surface area (Å²) < 4.78 is 0. The normalized spacial score (nSPS) is 28.2. The molecular weight excluding hydrogens is 406 g/mol. The highest BCUT2D eigenvalue weighted by Crippen LogP contribution is 2.37. The van der Waals surface area contributed by atoms with Gasteiger partial charge in [0.25, 0.3) is 0 Å². The third-order valence-corrected chi connectivity index (χ3v) is 7.42. The van der Waals surface area contributed by atoms with Gasteiger partial charge in [-0.15, -0.1) is 0 Å². The predicted octanol–water partition coefficient (Wildman–Crippen LogP) is 1.60. The molecule has 1 saturated carbocycles. The number of fused-ring (bicyclic) bond motifs is 1. The van der Waals surface area contributed by atoms with E-state index in [1.54, 1.807) is 6.07 Å². The topological polar surface area (TPSA) is 120 Å². The molecule has 4 rings (SSSR count). The fourth-order valence-electron chi connectivity index (χ4n) is 5.75. The Bertz CT molecular complexity index is 856. The summed E-state index contributed by atoms with van der Waals surface area (Å²) in [5, 5.41) is 18.4. The lowest BCUT2D eigenvalue weighted by atomic mass is 9.71. The molecular formula is C24H35N5O3. The van der Waals surface area contributed by atoms with Gasteiger partial charge in [0.15, 0.2) is 5.84 Å². The molecule has 8 heteroatoms. The minimum atomic E-state index is -0.378. The first kappa shape index (κ1) is 22.6. The molecule has 2 saturated heterocycles. The van der Waals surface area contributed by atoms with Gasteiger partial charge in [-0.2, -0.15) is 0 Å². The quantitative estimate of drug-likeness (QED) is 0.231. The number of benzene rings is 1. The van der Waals surface area contributed by atoms with Crippen LogP contribution in [0.15, 0.2) is 29.4 Å². The van der Waals surface area contributed by atoms with E-state index in [1.807, 2.05) is 23.1 Å². The molecule has 174 valence electrons. The monoisotopic (exact) mass is 441 g/mol. The maximum absolute atomic E-state index is 13.4. The van der Waals surface area contributed by atoms with Crippen molar-refractivity contribution in [2.24, 2.45) is 22.7 Å². The number of hydrogen-bond acceptors (Lipinski definition) is 5. The van der Waals surface area contributed by atoms with Crippen LogP contribution in [0.25, 0.3) is 0 Å². The number of carbonyl (C=O) groups is 2. The van der Waals surface area contributed by atoms with Gasteiger partial charge < -0.3 is 26.5 Å². The van der Waals surface area contributed by atoms with E-state index in [4.69, 9.17) is 10.9 Å². The number of amides is 2. The van der Waals surface area contributed by atoms with Crippen LogP contribution in [0.3, 0.4) is 0 Å². The zero-order chi connectivity index (χ0) is 22.5. The number of carbonyl (C=O) groups excluding carboxylic acids is 2. The van der Waals surface area contributed by atoms with Crippen LogP contribution in [0.4, 0.5) is 0 Å². The van der Waals surface area contributed by atoms with Crippen LogP contribution in [-0.2, 0) is 16.0 Å². The molecule has 2 aliphatic heterocycles. The lowest BCUT2D eigenvalue weighted by Gasteiger charge is -2.43. The molecule has 0 aromatic heterocycles. The van der Waals surface area contributed by atoms with Gasteiger partial charge in [-0.25, -0.2) is 0 Å². The Hall–Kier alpha value is -2.61. The Balaban J connectivity index is 1.33. The number of likely N-dealkylation sites (tertiary alicyclic amines) is 1. The summed E-state index contributed by atoms with van der Waals surface area (Å²) in [6.45, 7) is 2.03. The molecule has 3 fully saturated rings. The first-order valence-corrected chi connectivity index (χ1v) is 12.0. The highest BCUT2D eigenvalue weighted by atomic mass is 16.4. The summed E-state index contributed by atoms with van der Waals surface area (Å²) in [7, 11) is 0. The van der Waals surface area contributed by atoms with Crippen LogP contribution >= 0.6 is 0 Å². The van der Waals surface area contributed by atoms with Crippen LogP contribution in [0.1, 0.15) is 56.1 Å². The molecule has 4 atom stereocenters. The van der Waals surface area contributed by atoms with Crippen LogP contribution in [0.5, 0.6) is 0 Å². The highest BCUT2D eigenvalue weighted by Gasteiger charge is 2.43. The number of hydrogen-bond donors (Lipinski definition) is 4. The van der Waals surface area contributed by atoms with Gasteiger partial charge in [0.1, 0.15) is 6.04 Å². The lowest BCUT2D eigenvalue weighted by Crippen LogP contribution is -2.58. The van der Waals surface area contributed by atoms with Crippen molar-refractivity contribution in [3.05, 3.63) is 35.4 Å². The van der Waals surface area contributed by atoms with E-state index in [0.29, 0.717) is 36.9 Å². The number of amidine groups is 1. The van der Waals surface area contributed by atoms with Crippen LogP contribution in [0.2, 0.25) is 0 Å². The van der Waals surface area contributed by atoms with E-state index in [0.717, 1.165) is 37.8 Å². The second-order valence-corrected chi connectivity index (χ2v) is 9.35. The average Bonchev–Trinajstić information content (AvgIpc) is 3.33. The van der Waals surface area contributed by atoms with Gasteiger partial charge >= 0.3 is 0 Å². The van der Waals surface area contributed by atoms with Gasteiger partial charge in [0, 0.05) is 18.7 Å². The molecule has 1 aromatic rings. The van der Waals surface area contributed by atoms with E-state index in [1.165, 1.54) is 19.3 Å². The molecule has 0 radical (unpaired) electrons. The lowest BCUT2D eigenvalue weighted by molar-refractivity contribution is -0.142. The van der Waals surface area contributed by atoms with Crippen molar-refractivity contribution < 1.29 is 14.8 Å². The van der Waals surface area contributed by atoms with Gasteiger partial charge in [-0.1, -0.05) is 42.6 Å². The molecule has 32 heavy (non-hydrogen) atoms. The van der Waals surface area contributed by atoms with Crippen molar-refractivity contribution in [1.29, 1.82) is 0 Å². The number of nitrogens with zero attached hydrogens (tertiary/aromatic N) is 2. The van der Waals surface area contributed by atoms with Crippen molar-refractivity contribution in [2.45, 2.75) is 63.5 Å². The van der Waals surface area contributed by atoms with E-state index in [-0.39, 0.29) is 29.7 Å². The molecule has 0 unspecified atom stereocenters. The molecule has 2 heterocycles. The second-order valence-electron chi connectivity index (χ2n) is 9.35. The number of piperidine rings is 1. The number of oxime groups is 1. The largest absolute Gasteiger partial charge is 0.409 e. The Morgan fingerprint density at radius 3 is 2.88 bits per heavy atom. The van der Waals surface area contributed by atoms with Gasteiger partial charge in [-0.3, -0.25) is 9.59 Å². The molecule has 2 amide bonds. The summed E-state index contributed by atoms with van der Waals surface area (Å²) in [4.78, 5) is 28.2. The maximum Gasteiger partial charge on any atom is 0.242 e. The maximum atomic E-state index is 13.4. The molecule has 1 aliphatic carbocycles. The van der Waals surface area contributed by atoms with Crippen LogP contribution in [-0.4, -0.2) is 59.5 Å². The van der Waals surface area contributed by atoms with Crippen molar-refractivity contribution in [1.82, 2.24) is 15.5 Å². The smallest absolute Gasteiger partial charge is 0.242 e. The van der Waals surface area contributed by atoms with Crippen LogP contribution in [0, 0.1) is 11.8 Å². The SMILES string of the molecule is NC(=NO)c1cccc(CCNC(=O)[C@@H]2CCCN2C(=O)[C@@H]2NCC[C@@H]3CCCC[C@@H]32)c1. The predicted molar refractivity (Wildman–Crippen MR) is 122 cm³/mol. The van der Waals surface area contributed by atoms with Gasteiger partial charge in [-0.05, 0) is 62.1 Å². The third-order valence-electron chi connectivity index (χ3n) is 7.42. The molecule has 8 nitrogen and oxygen atoms in total. The van der Waals surface area contributed by atoms with Gasteiger partial charge in [0.2, 0.25) is 11.8 Å². The fourth-order valence-corrected chi connectivity index (χ4v) is 5.75. The van der Waals surface area contributed by atoms with Crippen LogP contribution < -0.4 is 16.4 Å². The zero-order valence-corrected chi connectivity index (χ0v) is 18.6. The van der Waals surface area contributed by atoms with E-state index in [9.17, 15) is 9.59 Å². The summed E-state index contributed by atoms with van der Waals surface area (Å²) in [5.41, 5.74) is 7.29. The number of nitrogens with two attached hydrogens (primary N) is 1. The summed E-state index contributed by atoms with van der Waals surface area (Å²) in [6.07, 6.45) is 8.21. The van der Waals surface area contributed by atoms with E-state index in [2.05, 4.69) is 15.8 Å². The molecule has 1 aromatic carbocycles. The Kier molecular flexibility index (Phi) is 7.29. The second kappa shape index (κ2) is 10.3. The van der Waals surface area contributed by atoms with E-state index >= 15 is 0 Å². The van der Waals surface area contributed by atoms with Crippen molar-refractivity contribution >= 4 is 17.6 Å². The first-order chi connectivity index (χ1) is 15.6. The third kappa shape index (κ3) is 4.90. The number of nitrogens with one attached hydrogen (secondary N) is 2. The minimum absolute atomic E-state index is 0.0625. The molecule has 0 spiro atoms. The first-order valence-electron chi connectivity index (χ1n) is 12.0. The minimum Gasteiger partial charge on any atom is -0.409 e.